The lowest BCUT2D eigenvalue weighted by molar-refractivity contribution is -0.144. The molecule has 2 aromatic rings. The lowest BCUT2D eigenvalue weighted by Gasteiger charge is -2.32. The zero-order valence-electron chi connectivity index (χ0n) is 56.6. The summed E-state index contributed by atoms with van der Waals surface area (Å²) in [7, 11) is 0. The number of hydrogen-bond acceptors (Lipinski definition) is 18. The third-order valence-electron chi connectivity index (χ3n) is 16.4. The number of carbonyl (C=O) groups excluding carboxylic acids is 14. The molecule has 0 aliphatic carbocycles. The van der Waals surface area contributed by atoms with Crippen molar-refractivity contribution in [1.29, 1.82) is 0 Å². The Morgan fingerprint density at radius 1 is 0.505 bits per heavy atom. The molecular weight excluding hydrogens is 1300 g/mol. The largest absolute Gasteiger partial charge is 0.370 e. The van der Waals surface area contributed by atoms with Gasteiger partial charge in [0.25, 0.3) is 0 Å². The monoisotopic (exact) mass is 1400 g/mol. The van der Waals surface area contributed by atoms with Crippen molar-refractivity contribution in [3.63, 3.8) is 0 Å². The minimum atomic E-state index is -1.66. The highest BCUT2D eigenvalue weighted by Gasteiger charge is 2.42. The van der Waals surface area contributed by atoms with Gasteiger partial charge in [-0.2, -0.15) is 11.8 Å². The van der Waals surface area contributed by atoms with Crippen molar-refractivity contribution in [2.45, 2.75) is 183 Å². The van der Waals surface area contributed by atoms with Gasteiger partial charge < -0.3 is 97.8 Å². The second-order valence-electron chi connectivity index (χ2n) is 24.9. The second kappa shape index (κ2) is 43.1. The number of aliphatic imine (C=N–C) groups is 1. The molecule has 2 saturated heterocycles. The summed E-state index contributed by atoms with van der Waals surface area (Å²) in [6.07, 6.45) is 2.83. The molecule has 0 spiro atoms. The molecule has 4 rings (SSSR count). The first-order chi connectivity index (χ1) is 47.1. The van der Waals surface area contributed by atoms with Gasteiger partial charge in [-0.3, -0.25) is 72.1 Å². The van der Waals surface area contributed by atoms with Gasteiger partial charge in [0.05, 0.1) is 19.1 Å². The maximum Gasteiger partial charge on any atom is 0.245 e. The minimum Gasteiger partial charge on any atom is -0.370 e. The number of thioether (sulfide) groups is 1. The number of amides is 14. The van der Waals surface area contributed by atoms with E-state index in [0.717, 1.165) is 0 Å². The van der Waals surface area contributed by atoms with Crippen molar-refractivity contribution in [3.8, 4) is 0 Å². The van der Waals surface area contributed by atoms with Crippen LogP contribution in [0, 0.1) is 5.92 Å². The van der Waals surface area contributed by atoms with Crippen LogP contribution in [-0.4, -0.2) is 210 Å². The lowest BCUT2D eigenvalue weighted by Crippen LogP contribution is -2.60. The van der Waals surface area contributed by atoms with Crippen LogP contribution in [0.25, 0.3) is 0 Å². The molecule has 2 heterocycles. The predicted octanol–water partition coefficient (Wildman–Crippen LogP) is -4.59. The SMILES string of the molecule is CSCC[C@H](NC(=O)[C@H](CC(C)C)NC(=O)CNC(=O)[C@H](Cc1ccccc1)NC(=O)[C@H](Cc1ccccc1)NC(=O)[C@H](CCC(N)=O)NC(=O)[C@H](CCC(N)=O)NC(=O)[C@@H]1CCCN1C(=O)[C@H](CCCCN)NC(=O)[C@@H]1CCCN1C(=O)[C@@H](N)CCCN=C(N)N)C(=O)NCC(N)=O. The molecule has 33 nitrogen and oxygen atoms in total. The normalized spacial score (nSPS) is 16.5. The van der Waals surface area contributed by atoms with E-state index in [2.05, 4.69) is 52.8 Å². The summed E-state index contributed by atoms with van der Waals surface area (Å²) in [6, 6.07) is 4.15. The third kappa shape index (κ3) is 29.3. The molecule has 14 amide bonds. The fourth-order valence-electron chi connectivity index (χ4n) is 11.3. The predicted molar refractivity (Wildman–Crippen MR) is 369 cm³/mol. The Morgan fingerprint density at radius 3 is 1.45 bits per heavy atom. The van der Waals surface area contributed by atoms with Gasteiger partial charge in [0.1, 0.15) is 54.4 Å². The Balaban J connectivity index is 1.57. The van der Waals surface area contributed by atoms with Crippen LogP contribution in [0.1, 0.15) is 121 Å². The van der Waals surface area contributed by atoms with Crippen LogP contribution in [0.5, 0.6) is 0 Å². The molecule has 0 saturated carbocycles. The molecule has 34 heteroatoms. The van der Waals surface area contributed by atoms with Crippen LogP contribution < -0.4 is 88.0 Å². The van der Waals surface area contributed by atoms with Crippen LogP contribution >= 0.6 is 11.8 Å². The van der Waals surface area contributed by atoms with Crippen LogP contribution in [0.15, 0.2) is 65.7 Å². The Labute approximate surface area is 580 Å². The average molecular weight is 1400 g/mol. The zero-order chi connectivity index (χ0) is 73.1. The highest BCUT2D eigenvalue weighted by atomic mass is 32.2. The second-order valence-corrected chi connectivity index (χ2v) is 25.9. The van der Waals surface area contributed by atoms with Crippen LogP contribution in [0.3, 0.4) is 0 Å². The van der Waals surface area contributed by atoms with Crippen molar-refractivity contribution in [2.24, 2.45) is 51.0 Å². The van der Waals surface area contributed by atoms with Gasteiger partial charge in [0.15, 0.2) is 5.96 Å². The van der Waals surface area contributed by atoms with Crippen molar-refractivity contribution in [2.75, 3.05) is 51.3 Å². The topological polar surface area (TPSA) is 548 Å². The number of primary amides is 3. The third-order valence-corrected chi connectivity index (χ3v) is 17.1. The van der Waals surface area contributed by atoms with Crippen LogP contribution in [-0.2, 0) is 80.0 Å². The summed E-state index contributed by atoms with van der Waals surface area (Å²) in [4.78, 5) is 198. The molecule has 2 aromatic carbocycles. The number of likely N-dealkylation sites (tertiary alicyclic amines) is 2. The van der Waals surface area contributed by atoms with E-state index in [9.17, 15) is 67.1 Å². The fourth-order valence-corrected chi connectivity index (χ4v) is 11.8. The quantitative estimate of drug-likeness (QED) is 0.0169. The molecule has 546 valence electrons. The summed E-state index contributed by atoms with van der Waals surface area (Å²) in [5.74, 6) is -10.8. The van der Waals surface area contributed by atoms with Gasteiger partial charge in [-0.05, 0) is 119 Å². The average Bonchev–Trinajstić information content (AvgIpc) is 1.75. The van der Waals surface area contributed by atoms with E-state index in [-0.39, 0.29) is 83.0 Å². The van der Waals surface area contributed by atoms with Gasteiger partial charge >= 0.3 is 0 Å². The molecule has 10 atom stereocenters. The van der Waals surface area contributed by atoms with Gasteiger partial charge in [-0.1, -0.05) is 74.5 Å². The molecule has 0 unspecified atom stereocenters. The standard InChI is InChI=1S/C65H101N19O14S/c1-38(2)33-46(59(93)78-44(27-32-99-3)55(89)74-36-53(70)87)76-54(88)37-75-56(90)47(34-39-15-6-4-7-16-39)81-60(94)48(35-40-17-8-5-9-18-40)82-58(92)42(23-25-51(68)85)77-57(91)43(24-26-52(69)86)79-61(95)50-22-14-31-84(50)64(98)45(20-10-11-28-66)80-62(96)49-21-13-30-83(49)63(97)41(67)19-12-29-73-65(71)72/h4-9,15-18,38,41-50H,10-14,19-37,66-67H2,1-3H3,(H2,68,85)(H2,69,86)(H2,70,87)(H,74,89)(H,75,90)(H,76,88)(H,77,91)(H,78,93)(H,79,95)(H,80,96)(H,81,94)(H,82,92)(H4,71,72,73)/t41-,42-,43-,44-,45-,46-,47-,48-,49-,50-/m0/s1. The Kier molecular flexibility index (Phi) is 35.7. The molecule has 2 fully saturated rings. The number of carbonyl (C=O) groups is 14. The molecule has 0 radical (unpaired) electrons. The summed E-state index contributed by atoms with van der Waals surface area (Å²) in [5, 5.41) is 23.5. The van der Waals surface area contributed by atoms with Gasteiger partial charge in [0, 0.05) is 45.3 Å². The molecule has 0 aromatic heterocycles. The van der Waals surface area contributed by atoms with Crippen molar-refractivity contribution < 1.29 is 67.1 Å². The van der Waals surface area contributed by atoms with Gasteiger partial charge in [0.2, 0.25) is 82.7 Å². The molecule has 0 bridgehead atoms. The van der Waals surface area contributed by atoms with Gasteiger partial charge in [-0.15, -0.1) is 0 Å². The Bertz CT molecular complexity index is 3110. The van der Waals surface area contributed by atoms with E-state index in [1.807, 2.05) is 0 Å². The van der Waals surface area contributed by atoms with E-state index in [1.165, 1.54) is 21.6 Å². The maximum atomic E-state index is 14.7. The highest BCUT2D eigenvalue weighted by Crippen LogP contribution is 2.24. The van der Waals surface area contributed by atoms with Crippen LogP contribution in [0.4, 0.5) is 0 Å². The number of hydrogen-bond donors (Lipinski definition) is 16. The van der Waals surface area contributed by atoms with Gasteiger partial charge in [-0.25, -0.2) is 0 Å². The molecule has 23 N–H and O–H groups in total. The van der Waals surface area contributed by atoms with E-state index in [4.69, 9.17) is 40.1 Å². The Hall–Kier alpha value is -9.44. The summed E-state index contributed by atoms with van der Waals surface area (Å²) in [5.41, 5.74) is 40.3. The highest BCUT2D eigenvalue weighted by molar-refractivity contribution is 7.98. The first-order valence-electron chi connectivity index (χ1n) is 33.3. The van der Waals surface area contributed by atoms with Crippen molar-refractivity contribution >= 4 is 100 Å². The van der Waals surface area contributed by atoms with Crippen molar-refractivity contribution in [3.05, 3.63) is 71.8 Å². The molecule has 99 heavy (non-hydrogen) atoms. The number of nitrogens with two attached hydrogens (primary N) is 7. The summed E-state index contributed by atoms with van der Waals surface area (Å²) < 4.78 is 0. The minimum absolute atomic E-state index is 0.0661. The molecule has 2 aliphatic heterocycles. The smallest absolute Gasteiger partial charge is 0.245 e. The first-order valence-corrected chi connectivity index (χ1v) is 34.7. The van der Waals surface area contributed by atoms with E-state index >= 15 is 0 Å². The summed E-state index contributed by atoms with van der Waals surface area (Å²) >= 11 is 1.41. The number of nitrogens with zero attached hydrogens (tertiary/aromatic N) is 3. The number of rotatable bonds is 44. The van der Waals surface area contributed by atoms with E-state index in [0.29, 0.717) is 55.4 Å². The van der Waals surface area contributed by atoms with Crippen LogP contribution in [0.2, 0.25) is 0 Å². The molecular formula is C65H101N19O14S. The number of unbranched alkanes of at least 4 members (excludes halogenated alkanes) is 1. The first kappa shape index (κ1) is 82.0. The van der Waals surface area contributed by atoms with E-state index in [1.54, 1.807) is 80.8 Å². The lowest BCUT2D eigenvalue weighted by atomic mass is 10.0. The summed E-state index contributed by atoms with van der Waals surface area (Å²) in [6.45, 7) is 3.29. The zero-order valence-corrected chi connectivity index (χ0v) is 57.4. The fraction of sp³-hybridized carbons (Fsp3) is 0.585. The van der Waals surface area contributed by atoms with E-state index < -0.39 is 182 Å². The number of guanidine groups is 1. The van der Waals surface area contributed by atoms with Crippen molar-refractivity contribution in [1.82, 2.24) is 57.7 Å². The number of nitrogens with one attached hydrogen (secondary N) is 9. The molecule has 2 aliphatic rings. The Morgan fingerprint density at radius 2 is 0.960 bits per heavy atom. The maximum absolute atomic E-state index is 14.7. The number of benzene rings is 2.